The molecule has 0 aliphatic heterocycles. The molecule has 1 aliphatic rings. The molecule has 2 atom stereocenters. The van der Waals surface area contributed by atoms with Crippen LogP contribution in [0.4, 0.5) is 0 Å². The molecule has 0 amide bonds. The van der Waals surface area contributed by atoms with Gasteiger partial charge >= 0.3 is 5.97 Å². The monoisotopic (exact) mass is 238 g/mol. The lowest BCUT2D eigenvalue weighted by atomic mass is 10.0. The molecule has 1 aliphatic carbocycles. The van der Waals surface area contributed by atoms with Crippen LogP contribution in [0, 0.1) is 5.92 Å². The van der Waals surface area contributed by atoms with Crippen molar-refractivity contribution in [2.24, 2.45) is 5.92 Å². The predicted molar refractivity (Wildman–Crippen MR) is 60.5 cm³/mol. The number of carboxylic acids is 1. The van der Waals surface area contributed by atoms with Crippen molar-refractivity contribution in [3.05, 3.63) is 5.82 Å². The zero-order valence-corrected chi connectivity index (χ0v) is 10.2. The molecule has 17 heavy (non-hydrogen) atoms. The van der Waals surface area contributed by atoms with Gasteiger partial charge in [0.05, 0.1) is 12.0 Å². The lowest BCUT2D eigenvalue weighted by molar-refractivity contribution is -0.142. The highest BCUT2D eigenvalue weighted by atomic mass is 16.4. The van der Waals surface area contributed by atoms with E-state index >= 15 is 0 Å². The Kier molecular flexibility index (Phi) is 3.40. The minimum absolute atomic E-state index is 0.210. The maximum Gasteiger partial charge on any atom is 0.308 e. The molecule has 94 valence electrons. The van der Waals surface area contributed by atoms with E-state index in [4.69, 9.17) is 5.11 Å². The third-order valence-corrected chi connectivity index (χ3v) is 3.74. The van der Waals surface area contributed by atoms with Crippen molar-refractivity contribution in [1.82, 2.24) is 20.2 Å². The molecule has 0 bridgehead atoms. The number of carboxylic acid groups (broad SMARTS) is 1. The molecule has 0 saturated heterocycles. The van der Waals surface area contributed by atoms with Crippen LogP contribution >= 0.6 is 0 Å². The number of hydrogen-bond acceptors (Lipinski definition) is 4. The molecule has 6 heteroatoms. The van der Waals surface area contributed by atoms with Gasteiger partial charge in [-0.2, -0.15) is 0 Å². The molecule has 6 nitrogen and oxygen atoms in total. The summed E-state index contributed by atoms with van der Waals surface area (Å²) in [5, 5.41) is 20.8. The van der Waals surface area contributed by atoms with E-state index < -0.39 is 11.9 Å². The zero-order valence-electron chi connectivity index (χ0n) is 10.2. The third kappa shape index (κ3) is 2.30. The molecular formula is C11H18N4O2. The second kappa shape index (κ2) is 4.81. The number of hydrogen-bond donors (Lipinski definition) is 1. The van der Waals surface area contributed by atoms with Crippen LogP contribution in [0.5, 0.6) is 0 Å². The predicted octanol–water partition coefficient (Wildman–Crippen LogP) is 1.61. The summed E-state index contributed by atoms with van der Waals surface area (Å²) < 4.78 is 1.69. The topological polar surface area (TPSA) is 80.9 Å². The van der Waals surface area contributed by atoms with Crippen LogP contribution in [0.3, 0.4) is 0 Å². The van der Waals surface area contributed by atoms with Gasteiger partial charge in [0.15, 0.2) is 5.82 Å². The van der Waals surface area contributed by atoms with Gasteiger partial charge in [-0.3, -0.25) is 4.79 Å². The smallest absolute Gasteiger partial charge is 0.308 e. The second-order valence-corrected chi connectivity index (χ2v) is 4.83. The highest BCUT2D eigenvalue weighted by molar-refractivity contribution is 5.70. The number of carbonyl (C=O) groups is 1. The number of tetrazole rings is 1. The molecule has 0 aromatic carbocycles. The summed E-state index contributed by atoms with van der Waals surface area (Å²) in [5.74, 6) is -0.0550. The molecule has 2 rings (SSSR count). The molecule has 0 spiro atoms. The molecule has 1 aromatic rings. The van der Waals surface area contributed by atoms with Crippen LogP contribution < -0.4 is 0 Å². The fraction of sp³-hybridized carbons (Fsp3) is 0.818. The molecule has 0 radical (unpaired) electrons. The Morgan fingerprint density at radius 3 is 2.65 bits per heavy atom. The summed E-state index contributed by atoms with van der Waals surface area (Å²) in [6.45, 7) is 3.54. The van der Waals surface area contributed by atoms with E-state index in [0.29, 0.717) is 5.92 Å². The van der Waals surface area contributed by atoms with Crippen molar-refractivity contribution in [2.75, 3.05) is 0 Å². The number of aromatic nitrogens is 4. The Labute approximate surface area is 100 Å². The summed E-state index contributed by atoms with van der Waals surface area (Å²) in [6.07, 6.45) is 4.63. The SMILES string of the molecule is CC(C(=O)O)C(C)n1nnnc1C1CCCC1. The first-order chi connectivity index (χ1) is 8.11. The fourth-order valence-electron chi connectivity index (χ4n) is 2.36. The van der Waals surface area contributed by atoms with Crippen LogP contribution in [0.1, 0.15) is 57.3 Å². The van der Waals surface area contributed by atoms with E-state index in [0.717, 1.165) is 18.7 Å². The van der Waals surface area contributed by atoms with Crippen LogP contribution in [0.25, 0.3) is 0 Å². The molecule has 2 unspecified atom stereocenters. The lowest BCUT2D eigenvalue weighted by Gasteiger charge is -2.19. The minimum Gasteiger partial charge on any atom is -0.481 e. The number of rotatable bonds is 4. The van der Waals surface area contributed by atoms with Gasteiger partial charge in [0, 0.05) is 5.92 Å². The van der Waals surface area contributed by atoms with E-state index in [2.05, 4.69) is 15.5 Å². The van der Waals surface area contributed by atoms with Gasteiger partial charge < -0.3 is 5.11 Å². The van der Waals surface area contributed by atoms with Crippen molar-refractivity contribution < 1.29 is 9.90 Å². The highest BCUT2D eigenvalue weighted by Crippen LogP contribution is 2.34. The van der Waals surface area contributed by atoms with Crippen molar-refractivity contribution >= 4 is 5.97 Å². The largest absolute Gasteiger partial charge is 0.481 e. The lowest BCUT2D eigenvalue weighted by Crippen LogP contribution is -2.24. The van der Waals surface area contributed by atoms with E-state index in [1.54, 1.807) is 11.6 Å². The molecule has 1 fully saturated rings. The first-order valence-corrected chi connectivity index (χ1v) is 6.12. The average Bonchev–Trinajstić information content (AvgIpc) is 2.96. The molecule has 1 saturated carbocycles. The Hall–Kier alpha value is -1.46. The van der Waals surface area contributed by atoms with Crippen molar-refractivity contribution in [2.45, 2.75) is 51.5 Å². The van der Waals surface area contributed by atoms with Gasteiger partial charge in [0.2, 0.25) is 0 Å². The quantitative estimate of drug-likeness (QED) is 0.861. The van der Waals surface area contributed by atoms with Crippen molar-refractivity contribution in [1.29, 1.82) is 0 Å². The summed E-state index contributed by atoms with van der Waals surface area (Å²) in [5.41, 5.74) is 0. The van der Waals surface area contributed by atoms with Gasteiger partial charge in [-0.25, -0.2) is 4.68 Å². The van der Waals surface area contributed by atoms with Crippen molar-refractivity contribution in [3.8, 4) is 0 Å². The maximum absolute atomic E-state index is 11.0. The van der Waals surface area contributed by atoms with Crippen LogP contribution in [-0.2, 0) is 4.79 Å². The maximum atomic E-state index is 11.0. The van der Waals surface area contributed by atoms with E-state index in [9.17, 15) is 4.79 Å². The molecule has 1 aromatic heterocycles. The van der Waals surface area contributed by atoms with E-state index in [1.165, 1.54) is 12.8 Å². The van der Waals surface area contributed by atoms with Gasteiger partial charge in [-0.15, -0.1) is 5.10 Å². The molecule has 1 N–H and O–H groups in total. The van der Waals surface area contributed by atoms with E-state index in [-0.39, 0.29) is 6.04 Å². The van der Waals surface area contributed by atoms with Gasteiger partial charge in [0.25, 0.3) is 0 Å². The standard InChI is InChI=1S/C11H18N4O2/c1-7(11(16)17)8(2)15-10(12-13-14-15)9-5-3-4-6-9/h7-9H,3-6H2,1-2H3,(H,16,17). The average molecular weight is 238 g/mol. The Bertz CT molecular complexity index is 398. The minimum atomic E-state index is -0.814. The molecular weight excluding hydrogens is 220 g/mol. The van der Waals surface area contributed by atoms with Gasteiger partial charge in [0.1, 0.15) is 0 Å². The summed E-state index contributed by atoms with van der Waals surface area (Å²) in [7, 11) is 0. The summed E-state index contributed by atoms with van der Waals surface area (Å²) in [4.78, 5) is 11.0. The summed E-state index contributed by atoms with van der Waals surface area (Å²) >= 11 is 0. The van der Waals surface area contributed by atoms with Gasteiger partial charge in [-0.1, -0.05) is 12.8 Å². The fourth-order valence-corrected chi connectivity index (χ4v) is 2.36. The van der Waals surface area contributed by atoms with E-state index in [1.807, 2.05) is 6.92 Å². The Balaban J connectivity index is 2.20. The first kappa shape index (κ1) is 12.0. The first-order valence-electron chi connectivity index (χ1n) is 6.12. The molecule has 1 heterocycles. The number of nitrogens with zero attached hydrogens (tertiary/aromatic N) is 4. The van der Waals surface area contributed by atoms with Gasteiger partial charge in [-0.05, 0) is 37.1 Å². The van der Waals surface area contributed by atoms with Crippen molar-refractivity contribution in [3.63, 3.8) is 0 Å². The summed E-state index contributed by atoms with van der Waals surface area (Å²) in [6, 6.07) is -0.210. The normalized spacial score (nSPS) is 20.4. The van der Waals surface area contributed by atoms with Crippen LogP contribution in [0.2, 0.25) is 0 Å². The van der Waals surface area contributed by atoms with Crippen LogP contribution in [0.15, 0.2) is 0 Å². The zero-order chi connectivity index (χ0) is 12.4. The third-order valence-electron chi connectivity index (χ3n) is 3.74. The van der Waals surface area contributed by atoms with Crippen LogP contribution in [-0.4, -0.2) is 31.3 Å². The Morgan fingerprint density at radius 1 is 1.41 bits per heavy atom. The second-order valence-electron chi connectivity index (χ2n) is 4.83. The number of aliphatic carboxylic acids is 1. The Morgan fingerprint density at radius 2 is 2.06 bits per heavy atom. The highest BCUT2D eigenvalue weighted by Gasteiger charge is 2.29.